The van der Waals surface area contributed by atoms with Crippen molar-refractivity contribution in [3.63, 3.8) is 0 Å². The van der Waals surface area contributed by atoms with Crippen LogP contribution < -0.4 is 16.0 Å². The largest absolute Gasteiger partial charge is 0.462 e. The third kappa shape index (κ3) is 4.63. The second-order valence-corrected chi connectivity index (χ2v) is 10.6. The monoisotopic (exact) mass is 524 g/mol. The van der Waals surface area contributed by atoms with Crippen LogP contribution in [0, 0.1) is 5.41 Å². The average Bonchev–Trinajstić information content (AvgIpc) is 3.16. The first-order valence-electron chi connectivity index (χ1n) is 12.1. The summed E-state index contributed by atoms with van der Waals surface area (Å²) in [5.74, 6) is 1.22. The zero-order valence-electron chi connectivity index (χ0n) is 20.3. The van der Waals surface area contributed by atoms with Crippen LogP contribution in [0.3, 0.4) is 0 Å². The number of nitrogens with two attached hydrogens (primary N) is 1. The maximum Gasteiger partial charge on any atom is 0.338 e. The van der Waals surface area contributed by atoms with E-state index in [0.29, 0.717) is 23.0 Å². The quantitative estimate of drug-likeness (QED) is 0.442. The summed E-state index contributed by atoms with van der Waals surface area (Å²) in [6.45, 7) is 3.90. The number of rotatable bonds is 6. The van der Waals surface area contributed by atoms with Crippen LogP contribution in [0.25, 0.3) is 0 Å². The van der Waals surface area contributed by atoms with Crippen molar-refractivity contribution in [3.8, 4) is 0 Å². The van der Waals surface area contributed by atoms with Crippen LogP contribution in [0.2, 0.25) is 5.02 Å². The standard InChI is InChI=1S/C26H29ClN6O2S/c1-3-35-25(34)16-4-5-18-17(12-16)13-26(23(18)28)7-10-33(11-8-26)20-14-32-21(15-31-20)36-19-6-9-30-24(29-2)22(19)27/h4-6,9,12,14-15,23H,3,7-8,10-11,13,28H2,1-2H3,(H,29,30)/t23-/m1/s1. The highest BCUT2D eigenvalue weighted by atomic mass is 35.5. The molecule has 0 amide bonds. The van der Waals surface area contributed by atoms with Crippen LogP contribution in [0.4, 0.5) is 11.6 Å². The third-order valence-corrected chi connectivity index (χ3v) is 8.67. The van der Waals surface area contributed by atoms with Gasteiger partial charge in [-0.1, -0.05) is 29.4 Å². The molecule has 10 heteroatoms. The summed E-state index contributed by atoms with van der Waals surface area (Å²) in [7, 11) is 1.79. The van der Waals surface area contributed by atoms with Crippen LogP contribution in [-0.4, -0.2) is 47.7 Å². The average molecular weight is 525 g/mol. The van der Waals surface area contributed by atoms with Gasteiger partial charge in [0.05, 0.1) is 29.6 Å². The van der Waals surface area contributed by atoms with E-state index < -0.39 is 0 Å². The molecule has 0 bridgehead atoms. The molecule has 2 aromatic heterocycles. The van der Waals surface area contributed by atoms with E-state index in [4.69, 9.17) is 22.1 Å². The molecule has 5 rings (SSSR count). The minimum absolute atomic E-state index is 0.00153. The van der Waals surface area contributed by atoms with Gasteiger partial charge in [0, 0.05) is 37.3 Å². The smallest absolute Gasteiger partial charge is 0.338 e. The van der Waals surface area contributed by atoms with Gasteiger partial charge in [-0.05, 0) is 60.9 Å². The maximum atomic E-state index is 12.2. The molecule has 1 saturated heterocycles. The van der Waals surface area contributed by atoms with E-state index in [1.165, 1.54) is 17.3 Å². The lowest BCUT2D eigenvalue weighted by Gasteiger charge is -2.42. The predicted octanol–water partition coefficient (Wildman–Crippen LogP) is 4.74. The third-order valence-electron chi connectivity index (χ3n) is 7.19. The molecule has 3 N–H and O–H groups in total. The number of piperidine rings is 1. The Balaban J connectivity index is 1.24. The number of anilines is 2. The van der Waals surface area contributed by atoms with Crippen LogP contribution in [0.1, 0.15) is 47.3 Å². The highest BCUT2D eigenvalue weighted by Crippen LogP contribution is 2.51. The summed E-state index contributed by atoms with van der Waals surface area (Å²) >= 11 is 7.88. The highest BCUT2D eigenvalue weighted by molar-refractivity contribution is 7.99. The second kappa shape index (κ2) is 10.2. The molecule has 1 aliphatic heterocycles. The van der Waals surface area contributed by atoms with Crippen molar-refractivity contribution >= 4 is 41.0 Å². The van der Waals surface area contributed by atoms with Gasteiger partial charge in [0.25, 0.3) is 0 Å². The second-order valence-electron chi connectivity index (χ2n) is 9.17. The molecule has 3 heterocycles. The Morgan fingerprint density at radius 2 is 2.06 bits per heavy atom. The zero-order chi connectivity index (χ0) is 25.3. The summed E-state index contributed by atoms with van der Waals surface area (Å²) in [4.78, 5) is 28.8. The number of aromatic nitrogens is 3. The van der Waals surface area contributed by atoms with Crippen molar-refractivity contribution in [2.24, 2.45) is 11.1 Å². The Hall–Kier alpha value is -2.88. The van der Waals surface area contributed by atoms with Crippen molar-refractivity contribution in [1.29, 1.82) is 0 Å². The molecule has 1 aromatic carbocycles. The van der Waals surface area contributed by atoms with Crippen molar-refractivity contribution < 1.29 is 9.53 Å². The minimum Gasteiger partial charge on any atom is -0.462 e. The Morgan fingerprint density at radius 1 is 1.25 bits per heavy atom. The van der Waals surface area contributed by atoms with Crippen LogP contribution in [0.5, 0.6) is 0 Å². The number of ether oxygens (including phenoxy) is 1. The molecule has 3 aromatic rings. The van der Waals surface area contributed by atoms with E-state index in [9.17, 15) is 4.79 Å². The van der Waals surface area contributed by atoms with Crippen molar-refractivity contribution in [1.82, 2.24) is 15.0 Å². The number of pyridine rings is 1. The van der Waals surface area contributed by atoms with Crippen LogP contribution in [0.15, 0.2) is 52.8 Å². The molecule has 1 spiro atoms. The molecule has 188 valence electrons. The fraction of sp³-hybridized carbons (Fsp3) is 0.385. The molecule has 36 heavy (non-hydrogen) atoms. The van der Waals surface area contributed by atoms with E-state index in [1.807, 2.05) is 37.4 Å². The molecular weight excluding hydrogens is 496 g/mol. The van der Waals surface area contributed by atoms with Gasteiger partial charge in [0.1, 0.15) is 16.7 Å². The van der Waals surface area contributed by atoms with Crippen LogP contribution in [-0.2, 0) is 11.2 Å². The Morgan fingerprint density at radius 3 is 2.75 bits per heavy atom. The van der Waals surface area contributed by atoms with Gasteiger partial charge in [0.15, 0.2) is 0 Å². The van der Waals surface area contributed by atoms with Crippen LogP contribution >= 0.6 is 23.4 Å². The first kappa shape index (κ1) is 24.8. The topological polar surface area (TPSA) is 106 Å². The number of hydrogen-bond acceptors (Lipinski definition) is 9. The number of nitrogens with zero attached hydrogens (tertiary/aromatic N) is 4. The Labute approximate surface area is 220 Å². The number of esters is 1. The molecule has 0 unspecified atom stereocenters. The van der Waals surface area contributed by atoms with E-state index >= 15 is 0 Å². The summed E-state index contributed by atoms with van der Waals surface area (Å²) in [5, 5.41) is 4.33. The van der Waals surface area contributed by atoms with Crippen molar-refractivity contribution in [3.05, 3.63) is 64.6 Å². The number of benzene rings is 1. The molecule has 8 nitrogen and oxygen atoms in total. The molecule has 1 atom stereocenters. The predicted molar refractivity (Wildman–Crippen MR) is 142 cm³/mol. The van der Waals surface area contributed by atoms with E-state index in [-0.39, 0.29) is 17.4 Å². The fourth-order valence-electron chi connectivity index (χ4n) is 5.21. The minimum atomic E-state index is -0.279. The maximum absolute atomic E-state index is 12.2. The molecular formula is C26H29ClN6O2S. The molecule has 0 radical (unpaired) electrons. The van der Waals surface area contributed by atoms with E-state index in [0.717, 1.165) is 53.7 Å². The molecule has 2 aliphatic rings. The number of carbonyl (C=O) groups excluding carboxylic acids is 1. The highest BCUT2D eigenvalue weighted by Gasteiger charge is 2.46. The molecule has 1 fully saturated rings. The normalized spacial score (nSPS) is 18.2. The molecule has 1 aliphatic carbocycles. The summed E-state index contributed by atoms with van der Waals surface area (Å²) in [5.41, 5.74) is 9.68. The summed E-state index contributed by atoms with van der Waals surface area (Å²) < 4.78 is 5.17. The van der Waals surface area contributed by atoms with Gasteiger partial charge < -0.3 is 20.7 Å². The number of hydrogen-bond donors (Lipinski definition) is 2. The Kier molecular flexibility index (Phi) is 7.05. The van der Waals surface area contributed by atoms with Crippen molar-refractivity contribution in [2.45, 2.75) is 42.1 Å². The fourth-order valence-corrected chi connectivity index (χ4v) is 6.28. The Bertz CT molecular complexity index is 1260. The van der Waals surface area contributed by atoms with Gasteiger partial charge in [-0.15, -0.1) is 0 Å². The number of halogens is 1. The first-order valence-corrected chi connectivity index (χ1v) is 13.3. The lowest BCUT2D eigenvalue weighted by atomic mass is 9.73. The van der Waals surface area contributed by atoms with E-state index in [2.05, 4.69) is 25.2 Å². The lowest BCUT2D eigenvalue weighted by molar-refractivity contribution is 0.0526. The van der Waals surface area contributed by atoms with Gasteiger partial charge in [-0.25, -0.2) is 19.7 Å². The van der Waals surface area contributed by atoms with Crippen molar-refractivity contribution in [2.75, 3.05) is 37.0 Å². The SMILES string of the molecule is CCOC(=O)c1ccc2c(c1)CC1(CCN(c3cnc(Sc4ccnc(NC)c4Cl)cn3)CC1)[C@@H]2N. The molecule has 0 saturated carbocycles. The van der Waals surface area contributed by atoms with Gasteiger partial charge in [0.2, 0.25) is 0 Å². The van der Waals surface area contributed by atoms with Gasteiger partial charge in [-0.3, -0.25) is 0 Å². The van der Waals surface area contributed by atoms with Gasteiger partial charge in [-0.2, -0.15) is 0 Å². The number of nitrogens with one attached hydrogen (secondary N) is 1. The number of carbonyl (C=O) groups is 1. The summed E-state index contributed by atoms with van der Waals surface area (Å²) in [6, 6.07) is 7.63. The number of fused-ring (bicyclic) bond motifs is 1. The summed E-state index contributed by atoms with van der Waals surface area (Å²) in [6.07, 6.45) is 8.12. The van der Waals surface area contributed by atoms with E-state index in [1.54, 1.807) is 19.4 Å². The first-order chi connectivity index (χ1) is 17.4. The zero-order valence-corrected chi connectivity index (χ0v) is 21.9. The van der Waals surface area contributed by atoms with Gasteiger partial charge >= 0.3 is 5.97 Å². The lowest BCUT2D eigenvalue weighted by Crippen LogP contribution is -2.44.